The highest BCUT2D eigenvalue weighted by molar-refractivity contribution is 14.1. The monoisotopic (exact) mass is 700 g/mol. The van der Waals surface area contributed by atoms with Gasteiger partial charge in [-0.3, -0.25) is 9.36 Å². The lowest BCUT2D eigenvalue weighted by atomic mass is 9.96. The van der Waals surface area contributed by atoms with Crippen molar-refractivity contribution in [2.24, 2.45) is 4.99 Å². The minimum absolute atomic E-state index is 0.207. The third-order valence-corrected chi connectivity index (χ3v) is 8.51. The molecule has 7 nitrogen and oxygen atoms in total. The Morgan fingerprint density at radius 2 is 1.88 bits per heavy atom. The van der Waals surface area contributed by atoms with Gasteiger partial charge in [0.25, 0.3) is 5.56 Å². The maximum Gasteiger partial charge on any atom is 0.338 e. The summed E-state index contributed by atoms with van der Waals surface area (Å²) >= 11 is 9.61. The number of methoxy groups -OCH3 is 1. The van der Waals surface area contributed by atoms with Crippen LogP contribution >= 0.6 is 45.5 Å². The quantitative estimate of drug-likeness (QED) is 0.176. The maximum absolute atomic E-state index is 13.9. The minimum Gasteiger partial charge on any atom is -0.493 e. The number of thiazole rings is 1. The standard InChI is InChI=1S/C31H26ClIN2O5S/c1-4-39-30(37)26-18(2)34-31-35(27(26)21-10-12-22(32)13-11-21)29(36)25(41-31)16-20-14-23(33)28(24(15-20)38-3)40-17-19-8-6-5-7-9-19/h5-16,27H,4,17H2,1-3H3/b25-16-. The van der Waals surface area contributed by atoms with Crippen LogP contribution in [0, 0.1) is 3.57 Å². The Morgan fingerprint density at radius 1 is 1.15 bits per heavy atom. The van der Waals surface area contributed by atoms with Gasteiger partial charge in [0, 0.05) is 5.02 Å². The molecule has 210 valence electrons. The van der Waals surface area contributed by atoms with E-state index >= 15 is 0 Å². The fourth-order valence-electron chi connectivity index (χ4n) is 4.60. The van der Waals surface area contributed by atoms with Crippen LogP contribution in [0.15, 0.2) is 87.8 Å². The summed E-state index contributed by atoms with van der Waals surface area (Å²) < 4.78 is 20.0. The summed E-state index contributed by atoms with van der Waals surface area (Å²) in [5.41, 5.74) is 3.12. The molecule has 0 radical (unpaired) electrons. The first-order chi connectivity index (χ1) is 19.8. The Balaban J connectivity index is 1.58. The molecule has 0 saturated heterocycles. The number of esters is 1. The highest BCUT2D eigenvalue weighted by Gasteiger charge is 2.33. The van der Waals surface area contributed by atoms with Crippen molar-refractivity contribution in [1.82, 2.24) is 4.57 Å². The van der Waals surface area contributed by atoms with Crippen LogP contribution < -0.4 is 24.4 Å². The third-order valence-electron chi connectivity index (χ3n) is 6.48. The van der Waals surface area contributed by atoms with E-state index < -0.39 is 12.0 Å². The van der Waals surface area contributed by atoms with E-state index in [-0.39, 0.29) is 12.2 Å². The predicted molar refractivity (Wildman–Crippen MR) is 168 cm³/mol. The van der Waals surface area contributed by atoms with Gasteiger partial charge in [0.15, 0.2) is 16.3 Å². The van der Waals surface area contributed by atoms with Crippen LogP contribution in [0.25, 0.3) is 6.08 Å². The number of carbonyl (C=O) groups excluding carboxylic acids is 1. The number of fused-ring (bicyclic) bond motifs is 1. The fraction of sp³-hybridized carbons (Fsp3) is 0.194. The van der Waals surface area contributed by atoms with Crippen molar-refractivity contribution in [2.75, 3.05) is 13.7 Å². The Labute approximate surface area is 259 Å². The number of aromatic nitrogens is 1. The summed E-state index contributed by atoms with van der Waals surface area (Å²) in [6, 6.07) is 20.1. The summed E-state index contributed by atoms with van der Waals surface area (Å²) in [6.07, 6.45) is 1.80. The highest BCUT2D eigenvalue weighted by Crippen LogP contribution is 2.35. The van der Waals surface area contributed by atoms with Gasteiger partial charge in [0.1, 0.15) is 6.61 Å². The van der Waals surface area contributed by atoms with Gasteiger partial charge in [-0.05, 0) is 83.5 Å². The smallest absolute Gasteiger partial charge is 0.338 e. The Bertz CT molecular complexity index is 1810. The number of nitrogens with zero attached hydrogens (tertiary/aromatic N) is 2. The largest absolute Gasteiger partial charge is 0.493 e. The van der Waals surface area contributed by atoms with Gasteiger partial charge >= 0.3 is 5.97 Å². The summed E-state index contributed by atoms with van der Waals surface area (Å²) in [7, 11) is 1.59. The Hall–Kier alpha value is -3.41. The number of hydrogen-bond donors (Lipinski definition) is 0. The molecule has 0 saturated carbocycles. The number of benzene rings is 3. The highest BCUT2D eigenvalue weighted by atomic mass is 127. The Kier molecular flexibility index (Phi) is 8.96. The van der Waals surface area contributed by atoms with Gasteiger partial charge in [-0.1, -0.05) is 65.4 Å². The summed E-state index contributed by atoms with van der Waals surface area (Å²) in [4.78, 5) is 32.1. The van der Waals surface area contributed by atoms with Gasteiger partial charge in [-0.2, -0.15) is 0 Å². The minimum atomic E-state index is -0.701. The fourth-order valence-corrected chi connectivity index (χ4v) is 6.55. The summed E-state index contributed by atoms with van der Waals surface area (Å²) in [6.45, 7) is 4.11. The van der Waals surface area contributed by atoms with Crippen LogP contribution in [-0.2, 0) is 16.1 Å². The molecule has 1 atom stereocenters. The number of allylic oxidation sites excluding steroid dienone is 1. The molecule has 1 aliphatic rings. The summed E-state index contributed by atoms with van der Waals surface area (Å²) in [5.74, 6) is 0.688. The number of carbonyl (C=O) groups is 1. The molecule has 10 heteroatoms. The van der Waals surface area contributed by atoms with Crippen molar-refractivity contribution in [3.05, 3.63) is 123 Å². The van der Waals surface area contributed by atoms with E-state index in [1.54, 1.807) is 43.7 Å². The molecule has 4 aromatic rings. The Morgan fingerprint density at radius 3 is 2.56 bits per heavy atom. The molecular formula is C31H26ClIN2O5S. The second kappa shape index (κ2) is 12.6. The zero-order chi connectivity index (χ0) is 29.1. The molecule has 5 rings (SSSR count). The zero-order valence-electron chi connectivity index (χ0n) is 22.5. The van der Waals surface area contributed by atoms with E-state index in [1.165, 1.54) is 11.3 Å². The lowest BCUT2D eigenvalue weighted by molar-refractivity contribution is -0.139. The van der Waals surface area contributed by atoms with E-state index in [2.05, 4.69) is 27.6 Å². The van der Waals surface area contributed by atoms with Crippen molar-refractivity contribution in [1.29, 1.82) is 0 Å². The van der Waals surface area contributed by atoms with Crippen LogP contribution in [-0.4, -0.2) is 24.3 Å². The van der Waals surface area contributed by atoms with Crippen LogP contribution in [0.3, 0.4) is 0 Å². The molecule has 0 aliphatic carbocycles. The van der Waals surface area contributed by atoms with Gasteiger partial charge in [-0.15, -0.1) is 0 Å². The molecule has 1 aliphatic heterocycles. The van der Waals surface area contributed by atoms with Gasteiger partial charge < -0.3 is 14.2 Å². The molecular weight excluding hydrogens is 675 g/mol. The molecule has 41 heavy (non-hydrogen) atoms. The SMILES string of the molecule is CCOC(=O)C1=C(C)N=c2s/c(=C\c3cc(I)c(OCc4ccccc4)c(OC)c3)c(=O)n2C1c1ccc(Cl)cc1. The van der Waals surface area contributed by atoms with Crippen molar-refractivity contribution in [2.45, 2.75) is 26.5 Å². The maximum atomic E-state index is 13.9. The average molecular weight is 701 g/mol. The van der Waals surface area contributed by atoms with Gasteiger partial charge in [0.2, 0.25) is 0 Å². The number of ether oxygens (including phenoxy) is 3. The number of rotatable bonds is 8. The first kappa shape index (κ1) is 29.1. The number of hydrogen-bond acceptors (Lipinski definition) is 7. The normalized spacial score (nSPS) is 14.9. The second-order valence-corrected chi connectivity index (χ2v) is 11.8. The van der Waals surface area contributed by atoms with Crippen LogP contribution in [0.1, 0.15) is 36.6 Å². The van der Waals surface area contributed by atoms with Gasteiger partial charge in [-0.25, -0.2) is 9.79 Å². The van der Waals surface area contributed by atoms with E-state index in [9.17, 15) is 9.59 Å². The first-order valence-electron chi connectivity index (χ1n) is 12.8. The molecule has 2 heterocycles. The topological polar surface area (TPSA) is 79.1 Å². The first-order valence-corrected chi connectivity index (χ1v) is 15.1. The van der Waals surface area contributed by atoms with E-state index in [0.717, 1.165) is 20.3 Å². The molecule has 0 N–H and O–H groups in total. The van der Waals surface area contributed by atoms with Crippen molar-refractivity contribution in [3.63, 3.8) is 0 Å². The second-order valence-electron chi connectivity index (χ2n) is 9.16. The molecule has 1 aromatic heterocycles. The van der Waals surface area contributed by atoms with Crippen LogP contribution in [0.4, 0.5) is 0 Å². The van der Waals surface area contributed by atoms with Crippen LogP contribution in [0.5, 0.6) is 11.5 Å². The lowest BCUT2D eigenvalue weighted by Gasteiger charge is -2.24. The molecule has 0 fully saturated rings. The molecule has 0 bridgehead atoms. The van der Waals surface area contributed by atoms with Crippen LogP contribution in [0.2, 0.25) is 5.02 Å². The van der Waals surface area contributed by atoms with Crippen molar-refractivity contribution >= 4 is 57.6 Å². The van der Waals surface area contributed by atoms with E-state index in [4.69, 9.17) is 25.8 Å². The van der Waals surface area contributed by atoms with E-state index in [0.29, 0.717) is 43.7 Å². The zero-order valence-corrected chi connectivity index (χ0v) is 26.2. The molecule has 3 aromatic carbocycles. The number of halogens is 2. The van der Waals surface area contributed by atoms with Gasteiger partial charge in [0.05, 0.1) is 39.1 Å². The average Bonchev–Trinajstić information content (AvgIpc) is 3.26. The summed E-state index contributed by atoms with van der Waals surface area (Å²) in [5, 5.41) is 0.555. The van der Waals surface area contributed by atoms with E-state index in [1.807, 2.05) is 54.6 Å². The predicted octanol–water partition coefficient (Wildman–Crippen LogP) is 5.64. The van der Waals surface area contributed by atoms with Crippen molar-refractivity contribution in [3.8, 4) is 11.5 Å². The molecule has 0 spiro atoms. The molecule has 0 amide bonds. The van der Waals surface area contributed by atoms with Crippen molar-refractivity contribution < 1.29 is 19.0 Å². The molecule has 1 unspecified atom stereocenters. The lowest BCUT2D eigenvalue weighted by Crippen LogP contribution is -2.39. The third kappa shape index (κ3) is 6.12.